The number of amides is 1. The Hall–Kier alpha value is -1.63. The molecule has 2 rings (SSSR count). The van der Waals surface area contributed by atoms with Gasteiger partial charge in [-0.05, 0) is 31.9 Å². The molecular weight excluding hydrogens is 361 g/mol. The largest absolute Gasteiger partial charge is 0.329 e. The summed E-state index contributed by atoms with van der Waals surface area (Å²) in [5, 5.41) is 11.1. The minimum Gasteiger partial charge on any atom is -0.329 e. The smallest absolute Gasteiger partial charge is 0.231 e. The van der Waals surface area contributed by atoms with Crippen molar-refractivity contribution in [2.75, 3.05) is 11.9 Å². The molecule has 0 fully saturated rings. The zero-order valence-electron chi connectivity index (χ0n) is 14.9. The van der Waals surface area contributed by atoms with E-state index in [0.717, 1.165) is 36.5 Å². The van der Waals surface area contributed by atoms with Crippen LogP contribution in [0, 0.1) is 5.41 Å². The van der Waals surface area contributed by atoms with E-state index in [9.17, 15) is 4.79 Å². The maximum absolute atomic E-state index is 12.6. The molecule has 1 amide bonds. The standard InChI is InChI=1S/C17H25N5O.2ClH/c1-4-17(5-2,11-18)16(23)20-14-9-7-8-13(10-14)15-21-19-12-22(15)6-3;;/h7-10,12H,4-6,11,18H2,1-3H3,(H,20,23);2*1H. The number of carbonyl (C=O) groups excluding carboxylic acids is 1. The van der Waals surface area contributed by atoms with Crippen molar-refractivity contribution in [2.24, 2.45) is 11.1 Å². The number of hydrogen-bond donors (Lipinski definition) is 2. The van der Waals surface area contributed by atoms with Gasteiger partial charge in [-0.15, -0.1) is 35.0 Å². The van der Waals surface area contributed by atoms with E-state index >= 15 is 0 Å². The van der Waals surface area contributed by atoms with E-state index in [-0.39, 0.29) is 30.7 Å². The third kappa shape index (κ3) is 4.93. The molecule has 1 heterocycles. The van der Waals surface area contributed by atoms with Crippen LogP contribution in [0.1, 0.15) is 33.6 Å². The minimum absolute atomic E-state index is 0. The van der Waals surface area contributed by atoms with Gasteiger partial charge in [-0.3, -0.25) is 4.79 Å². The van der Waals surface area contributed by atoms with Crippen molar-refractivity contribution < 1.29 is 4.79 Å². The number of rotatable bonds is 7. The normalized spacial score (nSPS) is 10.6. The van der Waals surface area contributed by atoms with Crippen LogP contribution in [-0.4, -0.2) is 27.2 Å². The van der Waals surface area contributed by atoms with Crippen molar-refractivity contribution >= 4 is 36.4 Å². The third-order valence-corrected chi connectivity index (χ3v) is 4.56. The Morgan fingerprint density at radius 3 is 2.48 bits per heavy atom. The molecule has 0 saturated heterocycles. The van der Waals surface area contributed by atoms with Crippen molar-refractivity contribution in [3.05, 3.63) is 30.6 Å². The molecule has 0 saturated carbocycles. The molecule has 6 nitrogen and oxygen atoms in total. The highest BCUT2D eigenvalue weighted by atomic mass is 35.5. The molecule has 0 spiro atoms. The van der Waals surface area contributed by atoms with Gasteiger partial charge in [0.2, 0.25) is 5.91 Å². The van der Waals surface area contributed by atoms with Crippen LogP contribution < -0.4 is 11.1 Å². The molecule has 0 radical (unpaired) electrons. The maximum atomic E-state index is 12.6. The monoisotopic (exact) mass is 387 g/mol. The highest BCUT2D eigenvalue weighted by Gasteiger charge is 2.33. The summed E-state index contributed by atoms with van der Waals surface area (Å²) in [6.45, 7) is 7.17. The van der Waals surface area contributed by atoms with Crippen LogP contribution >= 0.6 is 24.8 Å². The minimum atomic E-state index is -0.514. The Morgan fingerprint density at radius 1 is 1.24 bits per heavy atom. The second-order valence-corrected chi connectivity index (χ2v) is 5.67. The lowest BCUT2D eigenvalue weighted by molar-refractivity contribution is -0.125. The summed E-state index contributed by atoms with van der Waals surface area (Å²) in [4.78, 5) is 12.6. The number of nitrogens with two attached hydrogens (primary N) is 1. The zero-order valence-corrected chi connectivity index (χ0v) is 16.5. The van der Waals surface area contributed by atoms with Crippen molar-refractivity contribution in [1.82, 2.24) is 14.8 Å². The zero-order chi connectivity index (χ0) is 16.9. The van der Waals surface area contributed by atoms with E-state index < -0.39 is 5.41 Å². The summed E-state index contributed by atoms with van der Waals surface area (Å²) >= 11 is 0. The van der Waals surface area contributed by atoms with Crippen LogP contribution in [0.15, 0.2) is 30.6 Å². The van der Waals surface area contributed by atoms with Crippen molar-refractivity contribution in [1.29, 1.82) is 0 Å². The van der Waals surface area contributed by atoms with Gasteiger partial charge >= 0.3 is 0 Å². The Morgan fingerprint density at radius 2 is 1.92 bits per heavy atom. The first kappa shape index (κ1) is 23.4. The Bertz CT molecular complexity index is 662. The molecule has 0 aliphatic carbocycles. The average Bonchev–Trinajstić information content (AvgIpc) is 3.06. The van der Waals surface area contributed by atoms with Gasteiger partial charge in [0.1, 0.15) is 6.33 Å². The summed E-state index contributed by atoms with van der Waals surface area (Å²) in [7, 11) is 0. The van der Waals surface area contributed by atoms with Crippen molar-refractivity contribution in [3.8, 4) is 11.4 Å². The molecule has 2 aromatic rings. The number of benzene rings is 1. The third-order valence-electron chi connectivity index (χ3n) is 4.56. The van der Waals surface area contributed by atoms with Gasteiger partial charge in [0.15, 0.2) is 5.82 Å². The van der Waals surface area contributed by atoms with E-state index in [0.29, 0.717) is 6.54 Å². The fraction of sp³-hybridized carbons (Fsp3) is 0.471. The Balaban J connectivity index is 0.00000288. The molecule has 0 atom stereocenters. The predicted molar refractivity (Wildman–Crippen MR) is 106 cm³/mol. The highest BCUT2D eigenvalue weighted by molar-refractivity contribution is 5.96. The second-order valence-electron chi connectivity index (χ2n) is 5.67. The number of anilines is 1. The fourth-order valence-corrected chi connectivity index (χ4v) is 2.66. The molecule has 1 aromatic carbocycles. The van der Waals surface area contributed by atoms with Gasteiger partial charge < -0.3 is 15.6 Å². The lowest BCUT2D eigenvalue weighted by Crippen LogP contribution is -2.41. The molecule has 140 valence electrons. The average molecular weight is 388 g/mol. The molecule has 0 aliphatic rings. The topological polar surface area (TPSA) is 85.8 Å². The van der Waals surface area contributed by atoms with E-state index in [1.54, 1.807) is 6.33 Å². The van der Waals surface area contributed by atoms with E-state index in [2.05, 4.69) is 15.5 Å². The van der Waals surface area contributed by atoms with Crippen LogP contribution in [0.2, 0.25) is 0 Å². The molecule has 0 unspecified atom stereocenters. The molecule has 8 heteroatoms. The van der Waals surface area contributed by atoms with Crippen LogP contribution in [0.5, 0.6) is 0 Å². The van der Waals surface area contributed by atoms with Gasteiger partial charge in [-0.2, -0.15) is 0 Å². The van der Waals surface area contributed by atoms with Crippen LogP contribution in [0.4, 0.5) is 5.69 Å². The van der Waals surface area contributed by atoms with Gasteiger partial charge in [-0.1, -0.05) is 26.0 Å². The number of aromatic nitrogens is 3. The summed E-state index contributed by atoms with van der Waals surface area (Å²) < 4.78 is 1.96. The summed E-state index contributed by atoms with van der Waals surface area (Å²) in [5.74, 6) is 0.763. The number of halogens is 2. The first-order valence-corrected chi connectivity index (χ1v) is 8.10. The SMILES string of the molecule is CCn1cnnc1-c1cccc(NC(=O)C(CC)(CC)CN)c1.Cl.Cl. The maximum Gasteiger partial charge on any atom is 0.231 e. The van der Waals surface area contributed by atoms with Crippen LogP contribution in [0.25, 0.3) is 11.4 Å². The van der Waals surface area contributed by atoms with Crippen molar-refractivity contribution in [3.63, 3.8) is 0 Å². The Kier molecular flexibility index (Phi) is 9.70. The number of nitrogens with zero attached hydrogens (tertiary/aromatic N) is 3. The number of hydrogen-bond acceptors (Lipinski definition) is 4. The molecule has 25 heavy (non-hydrogen) atoms. The molecule has 1 aromatic heterocycles. The lowest BCUT2D eigenvalue weighted by atomic mass is 9.81. The quantitative estimate of drug-likeness (QED) is 0.760. The van der Waals surface area contributed by atoms with E-state index in [1.165, 1.54) is 0 Å². The highest BCUT2D eigenvalue weighted by Crippen LogP contribution is 2.28. The molecule has 3 N–H and O–H groups in total. The number of aryl methyl sites for hydroxylation is 1. The Labute approximate surface area is 161 Å². The summed E-state index contributed by atoms with van der Waals surface area (Å²) in [6, 6.07) is 7.66. The van der Waals surface area contributed by atoms with Crippen LogP contribution in [-0.2, 0) is 11.3 Å². The van der Waals surface area contributed by atoms with Gasteiger partial charge in [-0.25, -0.2) is 0 Å². The molecular formula is C17H27Cl2N5O. The second kappa shape index (κ2) is 10.4. The van der Waals surface area contributed by atoms with Crippen molar-refractivity contribution in [2.45, 2.75) is 40.2 Å². The molecule has 0 aliphatic heterocycles. The first-order valence-electron chi connectivity index (χ1n) is 8.10. The summed E-state index contributed by atoms with van der Waals surface area (Å²) in [6.07, 6.45) is 3.14. The van der Waals surface area contributed by atoms with E-state index in [4.69, 9.17) is 5.73 Å². The van der Waals surface area contributed by atoms with E-state index in [1.807, 2.05) is 49.6 Å². The predicted octanol–water partition coefficient (Wildman–Crippen LogP) is 3.51. The number of nitrogens with one attached hydrogen (secondary N) is 1. The fourth-order valence-electron chi connectivity index (χ4n) is 2.66. The number of carbonyl (C=O) groups is 1. The van der Waals surface area contributed by atoms with Gasteiger partial charge in [0.25, 0.3) is 0 Å². The summed E-state index contributed by atoms with van der Waals surface area (Å²) in [5.41, 5.74) is 7.00. The van der Waals surface area contributed by atoms with Gasteiger partial charge in [0, 0.05) is 24.3 Å². The van der Waals surface area contributed by atoms with Gasteiger partial charge in [0.05, 0.1) is 5.41 Å². The first-order chi connectivity index (χ1) is 11.1. The van der Waals surface area contributed by atoms with Crippen LogP contribution in [0.3, 0.4) is 0 Å². The lowest BCUT2D eigenvalue weighted by Gasteiger charge is -2.28. The molecule has 0 bridgehead atoms.